The van der Waals surface area contributed by atoms with Crippen molar-refractivity contribution in [1.29, 1.82) is 5.26 Å². The first-order chi connectivity index (χ1) is 24.9. The number of nitriles is 1. The quantitative estimate of drug-likeness (QED) is 0.196. The predicted molar refractivity (Wildman–Crippen MR) is 196 cm³/mol. The van der Waals surface area contributed by atoms with Crippen molar-refractivity contribution in [1.82, 2.24) is 29.3 Å². The molecule has 2 aliphatic rings. The average Bonchev–Trinajstić information content (AvgIpc) is 3.57. The Balaban J connectivity index is 1.28. The van der Waals surface area contributed by atoms with E-state index in [-0.39, 0.29) is 49.2 Å². The second kappa shape index (κ2) is 14.6. The van der Waals surface area contributed by atoms with Gasteiger partial charge in [-0.1, -0.05) is 73.3 Å². The highest BCUT2D eigenvalue weighted by molar-refractivity contribution is 5.97. The van der Waals surface area contributed by atoms with Gasteiger partial charge in [0.2, 0.25) is 0 Å². The second-order valence-corrected chi connectivity index (χ2v) is 13.0. The van der Waals surface area contributed by atoms with Crippen LogP contribution in [0.25, 0.3) is 33.6 Å². The number of carbonyl (C=O) groups is 1. The molecule has 12 heteroatoms. The minimum Gasteiger partial charge on any atom is -0.462 e. The maximum Gasteiger partial charge on any atom is 0.410 e. The standard InChI is InChI=1S/C39H40N8O4/c1-4-28-13-8-14-29-15-9-17-32(33(28)29)47-26(2)41-34-35(37(47)48)42-38(50-25-31-16-10-20-44(31)3)43-36(34)45-21-22-46(30(23-45)18-19-40)39(49)51-24-27-11-6-5-7-12-27/h4-9,11-15,17,30-31H,1,10,16,18,20-25H2,2-3H3/t30-,31-/m0/s1. The fourth-order valence-electron chi connectivity index (χ4n) is 7.15. The van der Waals surface area contributed by atoms with E-state index in [1.807, 2.05) is 71.6 Å². The molecular weight excluding hydrogens is 644 g/mol. The van der Waals surface area contributed by atoms with Gasteiger partial charge in [0.25, 0.3) is 5.56 Å². The Morgan fingerprint density at radius 1 is 1.00 bits per heavy atom. The molecule has 2 aliphatic heterocycles. The molecule has 0 spiro atoms. The molecule has 260 valence electrons. The van der Waals surface area contributed by atoms with Gasteiger partial charge in [-0.15, -0.1) is 0 Å². The molecule has 0 bridgehead atoms. The number of nitrogens with zero attached hydrogens (tertiary/aromatic N) is 8. The van der Waals surface area contributed by atoms with E-state index in [1.165, 1.54) is 0 Å². The van der Waals surface area contributed by atoms with Crippen molar-refractivity contribution >= 4 is 39.8 Å². The van der Waals surface area contributed by atoms with Crippen LogP contribution in [-0.4, -0.2) is 87.3 Å². The van der Waals surface area contributed by atoms with Crippen molar-refractivity contribution in [3.63, 3.8) is 0 Å². The zero-order valence-corrected chi connectivity index (χ0v) is 28.9. The van der Waals surface area contributed by atoms with Crippen LogP contribution in [0.15, 0.2) is 78.1 Å². The summed E-state index contributed by atoms with van der Waals surface area (Å²) in [6, 6.07) is 23.2. The van der Waals surface area contributed by atoms with Crippen LogP contribution < -0.4 is 15.2 Å². The molecule has 0 aliphatic carbocycles. The van der Waals surface area contributed by atoms with E-state index >= 15 is 0 Å². The highest BCUT2D eigenvalue weighted by atomic mass is 16.6. The van der Waals surface area contributed by atoms with Crippen LogP contribution in [-0.2, 0) is 11.3 Å². The van der Waals surface area contributed by atoms with Gasteiger partial charge in [0.05, 0.1) is 24.2 Å². The van der Waals surface area contributed by atoms with Gasteiger partial charge in [0.15, 0.2) is 11.3 Å². The van der Waals surface area contributed by atoms with Crippen LogP contribution in [0.3, 0.4) is 0 Å². The number of carbonyl (C=O) groups excluding carboxylic acids is 1. The lowest BCUT2D eigenvalue weighted by Gasteiger charge is -2.40. The predicted octanol–water partition coefficient (Wildman–Crippen LogP) is 5.49. The third kappa shape index (κ3) is 6.72. The number of hydrogen-bond donors (Lipinski definition) is 0. The summed E-state index contributed by atoms with van der Waals surface area (Å²) < 4.78 is 13.5. The lowest BCUT2D eigenvalue weighted by Crippen LogP contribution is -2.55. The highest BCUT2D eigenvalue weighted by Crippen LogP contribution is 2.30. The Morgan fingerprint density at radius 3 is 2.55 bits per heavy atom. The van der Waals surface area contributed by atoms with Crippen LogP contribution >= 0.6 is 0 Å². The van der Waals surface area contributed by atoms with Crippen molar-refractivity contribution in [2.24, 2.45) is 0 Å². The van der Waals surface area contributed by atoms with Gasteiger partial charge in [-0.3, -0.25) is 9.36 Å². The summed E-state index contributed by atoms with van der Waals surface area (Å²) in [7, 11) is 2.07. The summed E-state index contributed by atoms with van der Waals surface area (Å²) in [6.07, 6.45) is 3.46. The lowest BCUT2D eigenvalue weighted by molar-refractivity contribution is 0.0768. The van der Waals surface area contributed by atoms with Gasteiger partial charge in [-0.2, -0.15) is 15.2 Å². The zero-order valence-electron chi connectivity index (χ0n) is 28.9. The van der Waals surface area contributed by atoms with Gasteiger partial charge in [-0.05, 0) is 55.9 Å². The Morgan fingerprint density at radius 2 is 1.80 bits per heavy atom. The Bertz CT molecular complexity index is 2190. The van der Waals surface area contributed by atoms with Crippen molar-refractivity contribution in [2.45, 2.75) is 44.9 Å². The van der Waals surface area contributed by atoms with Crippen molar-refractivity contribution in [3.05, 3.63) is 101 Å². The number of piperazine rings is 1. The zero-order chi connectivity index (χ0) is 35.5. The molecule has 12 nitrogen and oxygen atoms in total. The maximum absolute atomic E-state index is 14.6. The van der Waals surface area contributed by atoms with E-state index in [9.17, 15) is 14.9 Å². The molecule has 0 unspecified atom stereocenters. The lowest BCUT2D eigenvalue weighted by atomic mass is 10.0. The Labute approximate surface area is 296 Å². The Hall–Kier alpha value is -5.80. The number of hydrogen-bond acceptors (Lipinski definition) is 10. The molecule has 2 saturated heterocycles. The second-order valence-electron chi connectivity index (χ2n) is 13.0. The molecule has 0 saturated carbocycles. The summed E-state index contributed by atoms with van der Waals surface area (Å²) in [5.74, 6) is 0.883. The first-order valence-corrected chi connectivity index (χ1v) is 17.2. The monoisotopic (exact) mass is 684 g/mol. The molecule has 4 heterocycles. The number of amides is 1. The smallest absolute Gasteiger partial charge is 0.410 e. The number of likely N-dealkylation sites (N-methyl/N-ethyl adjacent to an activating group) is 1. The first-order valence-electron chi connectivity index (χ1n) is 17.2. The number of fused-ring (bicyclic) bond motifs is 2. The molecule has 2 aromatic heterocycles. The third-order valence-corrected chi connectivity index (χ3v) is 9.85. The fourth-order valence-corrected chi connectivity index (χ4v) is 7.15. The molecule has 0 radical (unpaired) electrons. The summed E-state index contributed by atoms with van der Waals surface area (Å²) in [4.78, 5) is 48.2. The maximum atomic E-state index is 14.6. The number of ether oxygens (including phenoxy) is 2. The molecule has 1 amide bonds. The van der Waals surface area contributed by atoms with E-state index in [4.69, 9.17) is 19.4 Å². The van der Waals surface area contributed by atoms with E-state index in [0.29, 0.717) is 36.0 Å². The van der Waals surface area contributed by atoms with Crippen LogP contribution in [0.5, 0.6) is 6.01 Å². The van der Waals surface area contributed by atoms with Crippen molar-refractivity contribution < 1.29 is 14.3 Å². The summed E-state index contributed by atoms with van der Waals surface area (Å²) in [6.45, 7) is 8.22. The van der Waals surface area contributed by atoms with Gasteiger partial charge in [0.1, 0.15) is 24.6 Å². The molecule has 7 rings (SSSR count). The molecule has 2 fully saturated rings. The van der Waals surface area contributed by atoms with E-state index in [2.05, 4.69) is 29.6 Å². The van der Waals surface area contributed by atoms with Crippen molar-refractivity contribution in [3.8, 4) is 17.8 Å². The fraction of sp³-hybridized carbons (Fsp3) is 0.333. The third-order valence-electron chi connectivity index (χ3n) is 9.85. The molecule has 51 heavy (non-hydrogen) atoms. The van der Waals surface area contributed by atoms with Crippen molar-refractivity contribution in [2.75, 3.05) is 44.7 Å². The van der Waals surface area contributed by atoms with Crippen LogP contribution in [0.4, 0.5) is 10.6 Å². The molecule has 5 aromatic rings. The topological polar surface area (TPSA) is 130 Å². The average molecular weight is 685 g/mol. The number of likely N-dealkylation sites (tertiary alicyclic amines) is 1. The van der Waals surface area contributed by atoms with E-state index < -0.39 is 12.1 Å². The van der Waals surface area contributed by atoms with Gasteiger partial charge >= 0.3 is 12.1 Å². The number of aromatic nitrogens is 4. The summed E-state index contributed by atoms with van der Waals surface area (Å²) in [5, 5.41) is 11.6. The van der Waals surface area contributed by atoms with Gasteiger partial charge < -0.3 is 24.2 Å². The normalized spacial score (nSPS) is 17.8. The summed E-state index contributed by atoms with van der Waals surface area (Å²) >= 11 is 0. The van der Waals surface area contributed by atoms with Gasteiger partial charge in [0, 0.05) is 31.1 Å². The number of benzene rings is 3. The minimum absolute atomic E-state index is 0.0818. The highest BCUT2D eigenvalue weighted by Gasteiger charge is 2.34. The van der Waals surface area contributed by atoms with Crippen LogP contribution in [0, 0.1) is 18.3 Å². The number of anilines is 1. The molecular formula is C39H40N8O4. The Kier molecular flexibility index (Phi) is 9.63. The van der Waals surface area contributed by atoms with E-state index in [1.54, 1.807) is 22.5 Å². The first kappa shape index (κ1) is 33.7. The number of aryl methyl sites for hydroxylation is 1. The molecule has 3 aromatic carbocycles. The minimum atomic E-state index is -0.484. The largest absolute Gasteiger partial charge is 0.462 e. The molecule has 2 atom stereocenters. The van der Waals surface area contributed by atoms with E-state index in [0.717, 1.165) is 41.3 Å². The van der Waals surface area contributed by atoms with Crippen LogP contribution in [0.2, 0.25) is 0 Å². The van der Waals surface area contributed by atoms with Gasteiger partial charge in [-0.25, -0.2) is 9.78 Å². The summed E-state index contributed by atoms with van der Waals surface area (Å²) in [5.41, 5.74) is 2.54. The van der Waals surface area contributed by atoms with Crippen LogP contribution in [0.1, 0.15) is 36.2 Å². The SMILES string of the molecule is C=Cc1cccc2cccc(-n3c(C)nc4c(N5CCN(C(=O)OCc6ccccc6)[C@@H](CC#N)C5)nc(OC[C@@H]5CCCN5C)nc4c3=O)c12. The molecule has 0 N–H and O–H groups in total. The number of rotatable bonds is 9.